The van der Waals surface area contributed by atoms with E-state index in [1.165, 1.54) is 0 Å². The highest BCUT2D eigenvalue weighted by molar-refractivity contribution is 7.18. The molecule has 7 nitrogen and oxygen atoms in total. The number of aryl methyl sites for hydroxylation is 1. The Morgan fingerprint density at radius 1 is 1.24 bits per heavy atom. The number of piperidine rings is 1. The van der Waals surface area contributed by atoms with Crippen LogP contribution in [0.2, 0.25) is 0 Å². The van der Waals surface area contributed by atoms with Crippen LogP contribution in [0.25, 0.3) is 21.3 Å². The first-order valence-electron chi connectivity index (χ1n) is 12.1. The molecule has 1 saturated heterocycles. The van der Waals surface area contributed by atoms with Crippen LogP contribution in [0.15, 0.2) is 48.0 Å². The Bertz CT molecular complexity index is 1280. The minimum atomic E-state index is -0.237. The molecule has 34 heavy (non-hydrogen) atoms. The van der Waals surface area contributed by atoms with Crippen LogP contribution in [0.4, 0.5) is 4.79 Å². The number of thiophene rings is 1. The number of pyridine rings is 1. The van der Waals surface area contributed by atoms with Crippen molar-refractivity contribution >= 4 is 38.7 Å². The van der Waals surface area contributed by atoms with Gasteiger partial charge in [0.05, 0.1) is 5.52 Å². The van der Waals surface area contributed by atoms with Crippen molar-refractivity contribution in [3.8, 4) is 0 Å². The number of benzene rings is 1. The lowest BCUT2D eigenvalue weighted by atomic mass is 9.96. The summed E-state index contributed by atoms with van der Waals surface area (Å²) in [6.45, 7) is 4.74. The fraction of sp³-hybridized carbons (Fsp3) is 0.423. The maximum atomic E-state index is 12.5. The van der Waals surface area contributed by atoms with Gasteiger partial charge in [-0.2, -0.15) is 4.73 Å². The van der Waals surface area contributed by atoms with Crippen molar-refractivity contribution in [1.29, 1.82) is 0 Å². The van der Waals surface area contributed by atoms with Crippen LogP contribution in [0, 0.1) is 11.1 Å². The molecule has 0 spiro atoms. The van der Waals surface area contributed by atoms with Gasteiger partial charge in [0.25, 0.3) is 0 Å². The minimum Gasteiger partial charge on any atom is -0.618 e. The summed E-state index contributed by atoms with van der Waals surface area (Å²) in [6, 6.07) is 11.7. The second-order valence-electron chi connectivity index (χ2n) is 9.04. The number of fused-ring (bicyclic) bond motifs is 3. The Labute approximate surface area is 203 Å². The van der Waals surface area contributed by atoms with Gasteiger partial charge >= 0.3 is 6.09 Å². The molecule has 3 aromatic heterocycles. The summed E-state index contributed by atoms with van der Waals surface area (Å²) in [5.41, 5.74) is 3.55. The zero-order chi connectivity index (χ0) is 23.5. The Morgan fingerprint density at radius 2 is 2.03 bits per heavy atom. The topological polar surface area (TPSA) is 74.3 Å². The molecule has 5 rings (SSSR count). The lowest BCUT2D eigenvalue weighted by Crippen LogP contribution is -2.39. The van der Waals surface area contributed by atoms with Gasteiger partial charge in [-0.3, -0.25) is 0 Å². The molecule has 0 N–H and O–H groups in total. The number of amides is 1. The zero-order valence-corrected chi connectivity index (χ0v) is 20.3. The fourth-order valence-corrected chi connectivity index (χ4v) is 5.71. The SMILES string of the molecule is CCCCc1nc2c[n+]([O-])c3ccsc3c2n1CC1CCN(C(=O)OCc2ccccc2)CC1. The van der Waals surface area contributed by atoms with E-state index in [9.17, 15) is 10.0 Å². The van der Waals surface area contributed by atoms with E-state index in [1.807, 2.05) is 46.7 Å². The van der Waals surface area contributed by atoms with Gasteiger partial charge in [0.2, 0.25) is 11.7 Å². The van der Waals surface area contributed by atoms with Gasteiger partial charge in [-0.1, -0.05) is 43.7 Å². The van der Waals surface area contributed by atoms with Crippen LogP contribution < -0.4 is 4.73 Å². The molecule has 1 fully saturated rings. The van der Waals surface area contributed by atoms with E-state index >= 15 is 0 Å². The predicted molar refractivity (Wildman–Crippen MR) is 134 cm³/mol. The number of likely N-dealkylation sites (tertiary alicyclic amines) is 1. The van der Waals surface area contributed by atoms with E-state index in [4.69, 9.17) is 9.72 Å². The van der Waals surface area contributed by atoms with E-state index in [0.29, 0.717) is 31.1 Å². The Kier molecular flexibility index (Phi) is 6.67. The van der Waals surface area contributed by atoms with Gasteiger partial charge in [0.1, 0.15) is 17.1 Å². The molecule has 8 heteroatoms. The maximum absolute atomic E-state index is 12.5. The summed E-state index contributed by atoms with van der Waals surface area (Å²) in [6.07, 6.45) is 6.30. The Hall–Kier alpha value is -3.13. The van der Waals surface area contributed by atoms with Crippen LogP contribution in [-0.2, 0) is 24.3 Å². The van der Waals surface area contributed by atoms with E-state index in [2.05, 4.69) is 11.5 Å². The lowest BCUT2D eigenvalue weighted by molar-refractivity contribution is -0.575. The van der Waals surface area contributed by atoms with Gasteiger partial charge in [-0.05, 0) is 36.1 Å². The quantitative estimate of drug-likeness (QED) is 0.268. The number of unbranched alkanes of at least 4 members (excludes halogenated alkanes) is 1. The van der Waals surface area contributed by atoms with Crippen molar-refractivity contribution in [3.05, 3.63) is 64.6 Å². The van der Waals surface area contributed by atoms with E-state index in [0.717, 1.165) is 70.5 Å². The summed E-state index contributed by atoms with van der Waals surface area (Å²) in [7, 11) is 0. The number of nitrogens with zero attached hydrogens (tertiary/aromatic N) is 4. The fourth-order valence-electron chi connectivity index (χ4n) is 4.77. The number of carbonyl (C=O) groups is 1. The largest absolute Gasteiger partial charge is 0.618 e. The number of rotatable bonds is 7. The van der Waals surface area contributed by atoms with Crippen LogP contribution in [0.3, 0.4) is 0 Å². The lowest BCUT2D eigenvalue weighted by Gasteiger charge is -2.31. The summed E-state index contributed by atoms with van der Waals surface area (Å²) >= 11 is 1.60. The van der Waals surface area contributed by atoms with Crippen molar-refractivity contribution in [2.45, 2.75) is 52.2 Å². The number of imidazole rings is 1. The van der Waals surface area contributed by atoms with Crippen LogP contribution in [0.5, 0.6) is 0 Å². The van der Waals surface area contributed by atoms with Crippen molar-refractivity contribution < 1.29 is 14.3 Å². The van der Waals surface area contributed by atoms with E-state index in [1.54, 1.807) is 17.5 Å². The molecule has 178 valence electrons. The molecular weight excluding hydrogens is 448 g/mol. The first kappa shape index (κ1) is 22.7. The Balaban J connectivity index is 1.29. The van der Waals surface area contributed by atoms with Crippen molar-refractivity contribution in [2.24, 2.45) is 5.92 Å². The monoisotopic (exact) mass is 478 g/mol. The predicted octanol–water partition coefficient (Wildman–Crippen LogP) is 5.28. The van der Waals surface area contributed by atoms with Gasteiger partial charge in [-0.25, -0.2) is 9.78 Å². The molecule has 1 amide bonds. The molecule has 1 aromatic carbocycles. The number of ether oxygens (including phenoxy) is 1. The normalized spacial score (nSPS) is 14.8. The number of hydrogen-bond acceptors (Lipinski definition) is 5. The Morgan fingerprint density at radius 3 is 2.79 bits per heavy atom. The molecule has 0 saturated carbocycles. The molecule has 1 aliphatic rings. The average Bonchev–Trinajstić information content (AvgIpc) is 3.48. The molecule has 0 radical (unpaired) electrons. The maximum Gasteiger partial charge on any atom is 0.410 e. The van der Waals surface area contributed by atoms with Gasteiger partial charge < -0.3 is 19.4 Å². The molecule has 1 aliphatic heterocycles. The third-order valence-electron chi connectivity index (χ3n) is 6.68. The molecular formula is C26H30N4O3S. The van der Waals surface area contributed by atoms with Crippen LogP contribution in [0.1, 0.15) is 44.0 Å². The molecule has 0 aliphatic carbocycles. The van der Waals surface area contributed by atoms with Crippen LogP contribution >= 0.6 is 11.3 Å². The van der Waals surface area contributed by atoms with Crippen molar-refractivity contribution in [1.82, 2.24) is 14.5 Å². The number of carbonyl (C=O) groups excluding carboxylic acids is 1. The number of aromatic nitrogens is 3. The highest BCUT2D eigenvalue weighted by Crippen LogP contribution is 2.31. The molecule has 4 heterocycles. The number of hydrogen-bond donors (Lipinski definition) is 0. The summed E-state index contributed by atoms with van der Waals surface area (Å²) in [4.78, 5) is 19.2. The summed E-state index contributed by atoms with van der Waals surface area (Å²) in [5.74, 6) is 1.51. The second kappa shape index (κ2) is 10.0. The third-order valence-corrected chi connectivity index (χ3v) is 7.59. The smallest absolute Gasteiger partial charge is 0.410 e. The van der Waals surface area contributed by atoms with E-state index in [-0.39, 0.29) is 6.09 Å². The van der Waals surface area contributed by atoms with E-state index < -0.39 is 0 Å². The third kappa shape index (κ3) is 4.59. The highest BCUT2D eigenvalue weighted by atomic mass is 32.1. The molecule has 4 aromatic rings. The highest BCUT2D eigenvalue weighted by Gasteiger charge is 2.27. The summed E-state index contributed by atoms with van der Waals surface area (Å²) < 4.78 is 9.81. The van der Waals surface area contributed by atoms with Crippen LogP contribution in [-0.4, -0.2) is 33.6 Å². The standard InChI is InChI=1S/C26H30N4O3S/c1-2-3-9-23-27-21-17-30(32)22-12-15-34-25(22)24(21)29(23)16-19-10-13-28(14-11-19)26(31)33-18-20-7-5-4-6-8-20/h4-8,12,15,17,19H,2-3,9-11,13-14,16,18H2,1H3. The molecule has 0 atom stereocenters. The zero-order valence-electron chi connectivity index (χ0n) is 19.5. The molecule has 0 bridgehead atoms. The molecule has 0 unspecified atom stereocenters. The van der Waals surface area contributed by atoms with Gasteiger partial charge in [0.15, 0.2) is 5.52 Å². The minimum absolute atomic E-state index is 0.237. The van der Waals surface area contributed by atoms with Gasteiger partial charge in [0, 0.05) is 32.1 Å². The second-order valence-corrected chi connectivity index (χ2v) is 9.95. The van der Waals surface area contributed by atoms with Gasteiger partial charge in [-0.15, -0.1) is 11.3 Å². The first-order chi connectivity index (χ1) is 16.6. The van der Waals surface area contributed by atoms with Crippen molar-refractivity contribution in [2.75, 3.05) is 13.1 Å². The van der Waals surface area contributed by atoms with Crippen molar-refractivity contribution in [3.63, 3.8) is 0 Å². The summed E-state index contributed by atoms with van der Waals surface area (Å²) in [5, 5.41) is 14.4. The first-order valence-corrected chi connectivity index (χ1v) is 13.0. The average molecular weight is 479 g/mol.